The second kappa shape index (κ2) is 10.0. The molecule has 1 atom stereocenters. The van der Waals surface area contributed by atoms with Crippen molar-refractivity contribution in [3.63, 3.8) is 0 Å². The number of ether oxygens (including phenoxy) is 1. The van der Waals surface area contributed by atoms with Crippen LogP contribution in [0.15, 0.2) is 41.7 Å². The molecule has 1 aromatic heterocycles. The highest BCUT2D eigenvalue weighted by Crippen LogP contribution is 2.09. The minimum atomic E-state index is 0.422. The molecule has 1 aliphatic rings. The molecule has 1 aliphatic heterocycles. The average Bonchev–Trinajstić information content (AvgIpc) is 3.20. The Morgan fingerprint density at radius 1 is 1.22 bits per heavy atom. The van der Waals surface area contributed by atoms with Gasteiger partial charge >= 0.3 is 0 Å². The molecular formula is C19H29N7O. The smallest absolute Gasteiger partial charge is 0.191 e. The first-order chi connectivity index (χ1) is 13.3. The number of hydrogen-bond donors (Lipinski definition) is 2. The zero-order valence-electron chi connectivity index (χ0n) is 16.1. The summed E-state index contributed by atoms with van der Waals surface area (Å²) in [5.41, 5.74) is 1.03. The first-order valence-corrected chi connectivity index (χ1v) is 9.56. The first-order valence-electron chi connectivity index (χ1n) is 9.56. The second-order valence-corrected chi connectivity index (χ2v) is 6.53. The minimum absolute atomic E-state index is 0.422. The summed E-state index contributed by atoms with van der Waals surface area (Å²) in [6.45, 7) is 9.98. The van der Waals surface area contributed by atoms with Crippen LogP contribution < -0.4 is 10.6 Å². The van der Waals surface area contributed by atoms with Gasteiger partial charge in [0.2, 0.25) is 0 Å². The van der Waals surface area contributed by atoms with Gasteiger partial charge in [-0.1, -0.05) is 18.2 Å². The van der Waals surface area contributed by atoms with Crippen LogP contribution in [0.2, 0.25) is 0 Å². The Kier molecular flexibility index (Phi) is 7.18. The van der Waals surface area contributed by atoms with Gasteiger partial charge in [0.25, 0.3) is 0 Å². The van der Waals surface area contributed by atoms with Gasteiger partial charge in [0.15, 0.2) is 11.8 Å². The van der Waals surface area contributed by atoms with E-state index in [-0.39, 0.29) is 0 Å². The molecule has 2 aromatic rings. The van der Waals surface area contributed by atoms with Crippen molar-refractivity contribution in [3.05, 3.63) is 42.5 Å². The Hall–Kier alpha value is -2.45. The fraction of sp³-hybridized carbons (Fsp3) is 0.526. The Morgan fingerprint density at radius 3 is 2.74 bits per heavy atom. The van der Waals surface area contributed by atoms with E-state index in [9.17, 15) is 0 Å². The van der Waals surface area contributed by atoms with E-state index in [0.717, 1.165) is 56.9 Å². The van der Waals surface area contributed by atoms with Crippen LogP contribution in [0, 0.1) is 0 Å². The van der Waals surface area contributed by atoms with Crippen molar-refractivity contribution in [1.29, 1.82) is 0 Å². The lowest BCUT2D eigenvalue weighted by molar-refractivity contribution is 0.0211. The molecule has 27 heavy (non-hydrogen) atoms. The number of morpholine rings is 1. The normalized spacial score (nSPS) is 16.9. The summed E-state index contributed by atoms with van der Waals surface area (Å²) < 4.78 is 7.39. The number of nitrogens with one attached hydrogen (secondary N) is 2. The Morgan fingerprint density at radius 2 is 2.00 bits per heavy atom. The highest BCUT2D eigenvalue weighted by molar-refractivity contribution is 5.79. The molecule has 0 saturated carbocycles. The summed E-state index contributed by atoms with van der Waals surface area (Å²) in [6, 6.07) is 10.5. The number of benzene rings is 1. The van der Waals surface area contributed by atoms with Gasteiger partial charge in [-0.25, -0.2) is 4.99 Å². The van der Waals surface area contributed by atoms with Crippen LogP contribution in [0.5, 0.6) is 0 Å². The third-order valence-corrected chi connectivity index (χ3v) is 4.61. The molecule has 0 spiro atoms. The number of aromatic nitrogens is 3. The van der Waals surface area contributed by atoms with Crippen molar-refractivity contribution in [2.45, 2.75) is 26.4 Å². The number of guanidine groups is 1. The van der Waals surface area contributed by atoms with Crippen LogP contribution in [0.1, 0.15) is 19.7 Å². The van der Waals surface area contributed by atoms with Crippen molar-refractivity contribution < 1.29 is 4.74 Å². The molecule has 1 unspecified atom stereocenters. The quantitative estimate of drug-likeness (QED) is 0.559. The number of para-hydroxylation sites is 1. The maximum Gasteiger partial charge on any atom is 0.191 e. The summed E-state index contributed by atoms with van der Waals surface area (Å²) in [4.78, 5) is 7.12. The van der Waals surface area contributed by atoms with E-state index in [1.54, 1.807) is 6.33 Å². The van der Waals surface area contributed by atoms with E-state index in [1.807, 2.05) is 34.9 Å². The lowest BCUT2D eigenvalue weighted by Crippen LogP contribution is -2.49. The topological polar surface area (TPSA) is 79.6 Å². The SMILES string of the molecule is CCNC(=NCc1nncn1-c1ccccc1)NCC(C)N1CCOCC1. The van der Waals surface area contributed by atoms with Gasteiger partial charge in [0.1, 0.15) is 12.9 Å². The number of aliphatic imine (C=N–C) groups is 1. The predicted molar refractivity (Wildman–Crippen MR) is 106 cm³/mol. The molecule has 1 saturated heterocycles. The van der Waals surface area contributed by atoms with Gasteiger partial charge < -0.3 is 15.4 Å². The van der Waals surface area contributed by atoms with E-state index >= 15 is 0 Å². The monoisotopic (exact) mass is 371 g/mol. The summed E-state index contributed by atoms with van der Waals surface area (Å²) in [5, 5.41) is 15.0. The number of rotatable bonds is 7. The highest BCUT2D eigenvalue weighted by Gasteiger charge is 2.17. The minimum Gasteiger partial charge on any atom is -0.379 e. The molecular weight excluding hydrogens is 342 g/mol. The zero-order chi connectivity index (χ0) is 18.9. The van der Waals surface area contributed by atoms with Crippen LogP contribution in [0.25, 0.3) is 5.69 Å². The number of hydrogen-bond acceptors (Lipinski definition) is 5. The van der Waals surface area contributed by atoms with Crippen molar-refractivity contribution in [2.75, 3.05) is 39.4 Å². The van der Waals surface area contributed by atoms with Gasteiger partial charge in [0.05, 0.1) is 13.2 Å². The Labute approximate surface area is 160 Å². The zero-order valence-corrected chi connectivity index (χ0v) is 16.1. The van der Waals surface area contributed by atoms with Crippen molar-refractivity contribution in [1.82, 2.24) is 30.3 Å². The van der Waals surface area contributed by atoms with Gasteiger partial charge in [0, 0.05) is 37.9 Å². The molecule has 0 amide bonds. The maximum absolute atomic E-state index is 5.43. The fourth-order valence-corrected chi connectivity index (χ4v) is 3.05. The van der Waals surface area contributed by atoms with Crippen LogP contribution in [0.4, 0.5) is 0 Å². The van der Waals surface area contributed by atoms with Crippen molar-refractivity contribution >= 4 is 5.96 Å². The second-order valence-electron chi connectivity index (χ2n) is 6.53. The standard InChI is InChI=1S/C19H29N7O/c1-3-20-19(21-13-16(2)25-9-11-27-12-10-25)22-14-18-24-23-15-26(18)17-7-5-4-6-8-17/h4-8,15-16H,3,9-14H2,1-2H3,(H2,20,21,22). The Bertz CT molecular complexity index is 710. The predicted octanol–water partition coefficient (Wildman–Crippen LogP) is 1.04. The van der Waals surface area contributed by atoms with Crippen molar-refractivity contribution in [3.8, 4) is 5.69 Å². The molecule has 1 fully saturated rings. The fourth-order valence-electron chi connectivity index (χ4n) is 3.05. The largest absolute Gasteiger partial charge is 0.379 e. The van der Waals surface area contributed by atoms with E-state index in [4.69, 9.17) is 4.74 Å². The maximum atomic E-state index is 5.43. The van der Waals surface area contributed by atoms with Crippen LogP contribution >= 0.6 is 0 Å². The van der Waals surface area contributed by atoms with Crippen LogP contribution in [0.3, 0.4) is 0 Å². The molecule has 146 valence electrons. The molecule has 2 N–H and O–H groups in total. The van der Waals surface area contributed by atoms with Gasteiger partial charge in [-0.15, -0.1) is 10.2 Å². The Balaban J connectivity index is 1.60. The van der Waals surface area contributed by atoms with Gasteiger partial charge in [-0.3, -0.25) is 9.47 Å². The van der Waals surface area contributed by atoms with Crippen LogP contribution in [-0.2, 0) is 11.3 Å². The molecule has 2 heterocycles. The summed E-state index contributed by atoms with van der Waals surface area (Å²) in [5.74, 6) is 1.60. The van der Waals surface area contributed by atoms with E-state index in [1.165, 1.54) is 0 Å². The third kappa shape index (κ3) is 5.51. The molecule has 0 radical (unpaired) electrons. The molecule has 3 rings (SSSR count). The molecule has 0 bridgehead atoms. The van der Waals surface area contributed by atoms with Crippen molar-refractivity contribution in [2.24, 2.45) is 4.99 Å². The average molecular weight is 371 g/mol. The van der Waals surface area contributed by atoms with E-state index in [0.29, 0.717) is 12.6 Å². The third-order valence-electron chi connectivity index (χ3n) is 4.61. The van der Waals surface area contributed by atoms with Gasteiger partial charge in [-0.2, -0.15) is 0 Å². The lowest BCUT2D eigenvalue weighted by atomic mass is 10.2. The molecule has 0 aliphatic carbocycles. The van der Waals surface area contributed by atoms with Gasteiger partial charge in [-0.05, 0) is 26.0 Å². The van der Waals surface area contributed by atoms with E-state index < -0.39 is 0 Å². The van der Waals surface area contributed by atoms with E-state index in [2.05, 4.69) is 44.6 Å². The number of nitrogens with zero attached hydrogens (tertiary/aromatic N) is 5. The lowest BCUT2D eigenvalue weighted by Gasteiger charge is -2.32. The highest BCUT2D eigenvalue weighted by atomic mass is 16.5. The first kappa shape index (κ1) is 19.3. The van der Waals surface area contributed by atoms with Crippen LogP contribution in [-0.4, -0.2) is 71.1 Å². The molecule has 8 nitrogen and oxygen atoms in total. The molecule has 8 heteroatoms. The summed E-state index contributed by atoms with van der Waals surface area (Å²) in [7, 11) is 0. The molecule has 1 aromatic carbocycles. The summed E-state index contributed by atoms with van der Waals surface area (Å²) in [6.07, 6.45) is 1.72. The summed E-state index contributed by atoms with van der Waals surface area (Å²) >= 11 is 0.